The maximum absolute atomic E-state index is 12.4. The molecule has 0 aliphatic rings. The van der Waals surface area contributed by atoms with Crippen molar-refractivity contribution in [2.24, 2.45) is 0 Å². The molecule has 0 unspecified atom stereocenters. The molecule has 16 heavy (non-hydrogen) atoms. The van der Waals surface area contributed by atoms with Crippen LogP contribution in [0.2, 0.25) is 0 Å². The molecule has 2 nitrogen and oxygen atoms in total. The summed E-state index contributed by atoms with van der Waals surface area (Å²) in [5, 5.41) is 9.87. The molecule has 0 bridgehead atoms. The molecule has 1 aromatic heterocycles. The van der Waals surface area contributed by atoms with Crippen molar-refractivity contribution in [3.63, 3.8) is 0 Å². The van der Waals surface area contributed by atoms with Crippen molar-refractivity contribution < 1.29 is 18.3 Å². The van der Waals surface area contributed by atoms with E-state index in [0.717, 1.165) is 6.07 Å². The standard InChI is InChI=1S/C10H5BrF3NO/c11-6-2-3-7(16)9-5(6)1-4-8(15-9)10(12,13)14/h1-4,16H. The summed E-state index contributed by atoms with van der Waals surface area (Å²) in [4.78, 5) is 3.40. The van der Waals surface area contributed by atoms with Crippen molar-refractivity contribution in [2.75, 3.05) is 0 Å². The lowest BCUT2D eigenvalue weighted by molar-refractivity contribution is -0.140. The number of rotatable bonds is 0. The van der Waals surface area contributed by atoms with Crippen molar-refractivity contribution >= 4 is 26.8 Å². The van der Waals surface area contributed by atoms with Crippen LogP contribution >= 0.6 is 15.9 Å². The molecule has 0 saturated carbocycles. The Morgan fingerprint density at radius 1 is 1.12 bits per heavy atom. The highest BCUT2D eigenvalue weighted by atomic mass is 79.9. The lowest BCUT2D eigenvalue weighted by Gasteiger charge is -2.08. The minimum absolute atomic E-state index is 0.0656. The molecule has 0 atom stereocenters. The van der Waals surface area contributed by atoms with Crippen LogP contribution < -0.4 is 0 Å². The van der Waals surface area contributed by atoms with Crippen LogP contribution in [0.15, 0.2) is 28.7 Å². The first-order valence-corrected chi connectivity index (χ1v) is 5.04. The number of aromatic hydroxyl groups is 1. The summed E-state index contributed by atoms with van der Waals surface area (Å²) >= 11 is 3.17. The minimum atomic E-state index is -4.51. The number of benzene rings is 1. The summed E-state index contributed by atoms with van der Waals surface area (Å²) in [6, 6.07) is 4.99. The van der Waals surface area contributed by atoms with Crippen LogP contribution in [0.25, 0.3) is 10.9 Å². The van der Waals surface area contributed by atoms with Crippen LogP contribution in [0.4, 0.5) is 13.2 Å². The summed E-state index contributed by atoms with van der Waals surface area (Å²) in [6.45, 7) is 0. The predicted octanol–water partition coefficient (Wildman–Crippen LogP) is 3.72. The van der Waals surface area contributed by atoms with Crippen molar-refractivity contribution in [3.8, 4) is 5.75 Å². The number of pyridine rings is 1. The number of aromatic nitrogens is 1. The molecule has 2 aromatic rings. The lowest BCUT2D eigenvalue weighted by Crippen LogP contribution is -2.07. The molecule has 0 saturated heterocycles. The van der Waals surface area contributed by atoms with E-state index < -0.39 is 11.9 Å². The zero-order chi connectivity index (χ0) is 11.9. The van der Waals surface area contributed by atoms with Gasteiger partial charge in [-0.05, 0) is 24.3 Å². The average molecular weight is 292 g/mol. The SMILES string of the molecule is Oc1ccc(Br)c2ccc(C(F)(F)F)nc12. The molecular weight excluding hydrogens is 287 g/mol. The second-order valence-corrected chi connectivity index (χ2v) is 4.01. The molecule has 1 heterocycles. The van der Waals surface area contributed by atoms with Gasteiger partial charge in [0.2, 0.25) is 0 Å². The fourth-order valence-electron chi connectivity index (χ4n) is 1.33. The highest BCUT2D eigenvalue weighted by Crippen LogP contribution is 2.34. The topological polar surface area (TPSA) is 33.1 Å². The molecule has 0 fully saturated rings. The van der Waals surface area contributed by atoms with E-state index in [-0.39, 0.29) is 11.3 Å². The zero-order valence-electron chi connectivity index (χ0n) is 7.72. The van der Waals surface area contributed by atoms with Gasteiger partial charge < -0.3 is 5.11 Å². The molecule has 84 valence electrons. The first kappa shape index (κ1) is 11.2. The molecule has 1 N–H and O–H groups in total. The highest BCUT2D eigenvalue weighted by Gasteiger charge is 2.32. The summed E-state index contributed by atoms with van der Waals surface area (Å²) in [6.07, 6.45) is -4.51. The van der Waals surface area contributed by atoms with E-state index in [9.17, 15) is 18.3 Å². The Bertz CT molecular complexity index is 553. The summed E-state index contributed by atoms with van der Waals surface area (Å²) in [5.74, 6) is -0.274. The Hall–Kier alpha value is -1.30. The number of hydrogen-bond donors (Lipinski definition) is 1. The predicted molar refractivity (Wildman–Crippen MR) is 56.1 cm³/mol. The van der Waals surface area contributed by atoms with Gasteiger partial charge in [0.1, 0.15) is 17.0 Å². The molecule has 6 heteroatoms. The van der Waals surface area contributed by atoms with Crippen molar-refractivity contribution in [1.29, 1.82) is 0 Å². The Kier molecular flexibility index (Phi) is 2.53. The highest BCUT2D eigenvalue weighted by molar-refractivity contribution is 9.10. The normalized spacial score (nSPS) is 12.0. The van der Waals surface area contributed by atoms with Gasteiger partial charge >= 0.3 is 6.18 Å². The zero-order valence-corrected chi connectivity index (χ0v) is 9.30. The van der Waals surface area contributed by atoms with Crippen LogP contribution in [0.3, 0.4) is 0 Å². The van der Waals surface area contributed by atoms with Crippen molar-refractivity contribution in [2.45, 2.75) is 6.18 Å². The van der Waals surface area contributed by atoms with Gasteiger partial charge in [0.05, 0.1) is 0 Å². The van der Waals surface area contributed by atoms with Crippen LogP contribution in [-0.2, 0) is 6.18 Å². The van der Waals surface area contributed by atoms with Gasteiger partial charge in [0.25, 0.3) is 0 Å². The van der Waals surface area contributed by atoms with E-state index in [1.165, 1.54) is 12.1 Å². The first-order valence-electron chi connectivity index (χ1n) is 4.25. The van der Waals surface area contributed by atoms with E-state index in [0.29, 0.717) is 9.86 Å². The molecule has 2 rings (SSSR count). The first-order chi connectivity index (χ1) is 7.39. The van der Waals surface area contributed by atoms with Gasteiger partial charge in [-0.3, -0.25) is 0 Å². The summed E-state index contributed by atoms with van der Waals surface area (Å²) in [7, 11) is 0. The third kappa shape index (κ3) is 1.84. The van der Waals surface area contributed by atoms with Crippen LogP contribution in [0, 0.1) is 0 Å². The second-order valence-electron chi connectivity index (χ2n) is 3.16. The number of nitrogens with zero attached hydrogens (tertiary/aromatic N) is 1. The monoisotopic (exact) mass is 291 g/mol. The Labute approximate surface area is 96.9 Å². The number of phenolic OH excluding ortho intramolecular Hbond substituents is 1. The smallest absolute Gasteiger partial charge is 0.433 e. The largest absolute Gasteiger partial charge is 0.506 e. The second kappa shape index (κ2) is 3.62. The van der Waals surface area contributed by atoms with Gasteiger partial charge in [0, 0.05) is 9.86 Å². The fourth-order valence-corrected chi connectivity index (χ4v) is 1.78. The third-order valence-electron chi connectivity index (χ3n) is 2.07. The van der Waals surface area contributed by atoms with Crippen LogP contribution in [0.1, 0.15) is 5.69 Å². The summed E-state index contributed by atoms with van der Waals surface area (Å²) in [5.41, 5.74) is -1.09. The maximum Gasteiger partial charge on any atom is 0.433 e. The molecule has 0 amide bonds. The quantitative estimate of drug-likeness (QED) is 0.802. The fraction of sp³-hybridized carbons (Fsp3) is 0.100. The Morgan fingerprint density at radius 3 is 2.44 bits per heavy atom. The molecule has 0 spiro atoms. The number of phenols is 1. The third-order valence-corrected chi connectivity index (χ3v) is 2.76. The molecule has 0 aliphatic heterocycles. The van der Waals surface area contributed by atoms with Crippen LogP contribution in [0.5, 0.6) is 5.75 Å². The number of alkyl halides is 3. The van der Waals surface area contributed by atoms with Gasteiger partial charge in [0.15, 0.2) is 0 Å². The molecule has 1 aromatic carbocycles. The average Bonchev–Trinajstić information content (AvgIpc) is 2.22. The number of hydrogen-bond acceptors (Lipinski definition) is 2. The summed E-state index contributed by atoms with van der Waals surface area (Å²) < 4.78 is 37.8. The Balaban J connectivity index is 2.76. The van der Waals surface area contributed by atoms with E-state index in [1.807, 2.05) is 0 Å². The number of fused-ring (bicyclic) bond motifs is 1. The van der Waals surface area contributed by atoms with Crippen molar-refractivity contribution in [1.82, 2.24) is 4.98 Å². The molecule has 0 aliphatic carbocycles. The van der Waals surface area contributed by atoms with Gasteiger partial charge in [-0.15, -0.1) is 0 Å². The van der Waals surface area contributed by atoms with E-state index in [4.69, 9.17) is 0 Å². The van der Waals surface area contributed by atoms with Crippen molar-refractivity contribution in [3.05, 3.63) is 34.4 Å². The van der Waals surface area contributed by atoms with Gasteiger partial charge in [-0.2, -0.15) is 13.2 Å². The molecule has 0 radical (unpaired) electrons. The van der Waals surface area contributed by atoms with E-state index >= 15 is 0 Å². The number of halogens is 4. The van der Waals surface area contributed by atoms with Gasteiger partial charge in [-0.1, -0.05) is 15.9 Å². The minimum Gasteiger partial charge on any atom is -0.506 e. The molecular formula is C10H5BrF3NO. The van der Waals surface area contributed by atoms with E-state index in [2.05, 4.69) is 20.9 Å². The van der Waals surface area contributed by atoms with E-state index in [1.54, 1.807) is 6.07 Å². The van der Waals surface area contributed by atoms with Crippen LogP contribution in [-0.4, -0.2) is 10.1 Å². The Morgan fingerprint density at radius 2 is 1.81 bits per heavy atom. The van der Waals surface area contributed by atoms with Gasteiger partial charge in [-0.25, -0.2) is 4.98 Å². The lowest BCUT2D eigenvalue weighted by atomic mass is 10.2. The maximum atomic E-state index is 12.4.